The first-order valence-electron chi connectivity index (χ1n) is 4.63. The SMILES string of the molecule is CC(NC1CCC1)c1ncc(Br)s1. The molecule has 1 heterocycles. The summed E-state index contributed by atoms with van der Waals surface area (Å²) in [4.78, 5) is 4.34. The van der Waals surface area contributed by atoms with Crippen molar-refractivity contribution in [3.05, 3.63) is 15.0 Å². The van der Waals surface area contributed by atoms with Crippen LogP contribution in [0, 0.1) is 0 Å². The normalized spacial score (nSPS) is 19.8. The van der Waals surface area contributed by atoms with Crippen molar-refractivity contribution in [3.63, 3.8) is 0 Å². The van der Waals surface area contributed by atoms with E-state index in [1.807, 2.05) is 6.20 Å². The fourth-order valence-corrected chi connectivity index (χ4v) is 2.72. The van der Waals surface area contributed by atoms with Gasteiger partial charge >= 0.3 is 0 Å². The predicted octanol–water partition coefficient (Wildman–Crippen LogP) is 3.11. The van der Waals surface area contributed by atoms with Crippen LogP contribution in [0.5, 0.6) is 0 Å². The minimum Gasteiger partial charge on any atom is -0.305 e. The molecule has 0 aliphatic heterocycles. The Balaban J connectivity index is 1.92. The molecule has 0 aromatic carbocycles. The molecule has 72 valence electrons. The number of nitrogens with one attached hydrogen (secondary N) is 1. The number of aromatic nitrogens is 1. The molecule has 0 spiro atoms. The average Bonchev–Trinajstić information content (AvgIpc) is 2.44. The maximum Gasteiger partial charge on any atom is 0.110 e. The number of thiazole rings is 1. The van der Waals surface area contributed by atoms with Crippen LogP contribution in [0.4, 0.5) is 0 Å². The number of hydrogen-bond donors (Lipinski definition) is 1. The van der Waals surface area contributed by atoms with Crippen LogP contribution in [0.15, 0.2) is 9.98 Å². The molecule has 4 heteroatoms. The Kier molecular flexibility index (Phi) is 3.01. The van der Waals surface area contributed by atoms with Gasteiger partial charge in [0.1, 0.15) is 5.01 Å². The highest BCUT2D eigenvalue weighted by molar-refractivity contribution is 9.11. The van der Waals surface area contributed by atoms with Crippen LogP contribution in [0.3, 0.4) is 0 Å². The molecule has 1 atom stereocenters. The average molecular weight is 261 g/mol. The zero-order valence-corrected chi connectivity index (χ0v) is 9.99. The highest BCUT2D eigenvalue weighted by Crippen LogP contribution is 2.27. The van der Waals surface area contributed by atoms with Crippen LogP contribution in [0.2, 0.25) is 0 Å². The summed E-state index contributed by atoms with van der Waals surface area (Å²) in [5.74, 6) is 0. The molecular formula is C9H13BrN2S. The molecule has 1 fully saturated rings. The largest absolute Gasteiger partial charge is 0.305 e. The van der Waals surface area contributed by atoms with E-state index < -0.39 is 0 Å². The lowest BCUT2D eigenvalue weighted by atomic mass is 9.92. The Labute approximate surface area is 90.9 Å². The van der Waals surface area contributed by atoms with E-state index >= 15 is 0 Å². The van der Waals surface area contributed by atoms with Gasteiger partial charge in [-0.25, -0.2) is 4.98 Å². The summed E-state index contributed by atoms with van der Waals surface area (Å²) in [6.07, 6.45) is 5.92. The molecule has 1 N–H and O–H groups in total. The van der Waals surface area contributed by atoms with Crippen molar-refractivity contribution in [2.45, 2.75) is 38.3 Å². The molecule has 2 nitrogen and oxygen atoms in total. The Bertz CT molecular complexity index is 283. The second kappa shape index (κ2) is 4.07. The van der Waals surface area contributed by atoms with Crippen molar-refractivity contribution in [1.29, 1.82) is 0 Å². The van der Waals surface area contributed by atoms with Crippen LogP contribution in [0.1, 0.15) is 37.2 Å². The second-order valence-corrected chi connectivity index (χ2v) is 5.96. The third-order valence-corrected chi connectivity index (χ3v) is 4.12. The number of nitrogens with zero attached hydrogens (tertiary/aromatic N) is 1. The zero-order chi connectivity index (χ0) is 9.26. The molecule has 1 aliphatic carbocycles. The lowest BCUT2D eigenvalue weighted by Crippen LogP contribution is -2.36. The molecule has 0 bridgehead atoms. The molecule has 13 heavy (non-hydrogen) atoms. The second-order valence-electron chi connectivity index (χ2n) is 3.52. The molecular weight excluding hydrogens is 248 g/mol. The summed E-state index contributed by atoms with van der Waals surface area (Å²) < 4.78 is 1.12. The quantitative estimate of drug-likeness (QED) is 0.904. The van der Waals surface area contributed by atoms with Gasteiger partial charge in [-0.2, -0.15) is 0 Å². The van der Waals surface area contributed by atoms with Crippen LogP contribution in [-0.2, 0) is 0 Å². The third-order valence-electron chi connectivity index (χ3n) is 2.46. The van der Waals surface area contributed by atoms with Crippen LogP contribution >= 0.6 is 27.3 Å². The monoisotopic (exact) mass is 260 g/mol. The van der Waals surface area contributed by atoms with Gasteiger partial charge in [0.05, 0.1) is 16.0 Å². The maximum atomic E-state index is 4.34. The first kappa shape index (κ1) is 9.62. The first-order valence-corrected chi connectivity index (χ1v) is 6.24. The molecule has 0 saturated heterocycles. The van der Waals surface area contributed by atoms with Gasteiger partial charge < -0.3 is 5.32 Å². The van der Waals surface area contributed by atoms with Gasteiger partial charge in [-0.1, -0.05) is 6.42 Å². The summed E-state index contributed by atoms with van der Waals surface area (Å²) in [5.41, 5.74) is 0. The third kappa shape index (κ3) is 2.30. The van der Waals surface area contributed by atoms with Crippen LogP contribution in [0.25, 0.3) is 0 Å². The van der Waals surface area contributed by atoms with Gasteiger partial charge in [0.15, 0.2) is 0 Å². The summed E-state index contributed by atoms with van der Waals surface area (Å²) >= 11 is 5.14. The van der Waals surface area contributed by atoms with Crippen molar-refractivity contribution in [1.82, 2.24) is 10.3 Å². The maximum absolute atomic E-state index is 4.34. The van der Waals surface area contributed by atoms with Gasteiger partial charge in [-0.3, -0.25) is 0 Å². The van der Waals surface area contributed by atoms with E-state index in [0.717, 1.165) is 9.83 Å². The minimum atomic E-state index is 0.404. The van der Waals surface area contributed by atoms with Crippen molar-refractivity contribution in [2.75, 3.05) is 0 Å². The van der Waals surface area contributed by atoms with Gasteiger partial charge in [0.25, 0.3) is 0 Å². The molecule has 2 rings (SSSR count). The predicted molar refractivity (Wildman–Crippen MR) is 59.0 cm³/mol. The Morgan fingerprint density at radius 2 is 2.46 bits per heavy atom. The lowest BCUT2D eigenvalue weighted by Gasteiger charge is -2.29. The van der Waals surface area contributed by atoms with Gasteiger partial charge in [-0.15, -0.1) is 11.3 Å². The smallest absolute Gasteiger partial charge is 0.110 e. The molecule has 1 aromatic heterocycles. The number of rotatable bonds is 3. The summed E-state index contributed by atoms with van der Waals surface area (Å²) in [6, 6.07) is 1.14. The number of halogens is 1. The molecule has 1 unspecified atom stereocenters. The van der Waals surface area contributed by atoms with Gasteiger partial charge in [0, 0.05) is 6.04 Å². The summed E-state index contributed by atoms with van der Waals surface area (Å²) in [5, 5.41) is 4.75. The highest BCUT2D eigenvalue weighted by atomic mass is 79.9. The van der Waals surface area contributed by atoms with Crippen molar-refractivity contribution < 1.29 is 0 Å². The fraction of sp³-hybridized carbons (Fsp3) is 0.667. The van der Waals surface area contributed by atoms with E-state index in [2.05, 4.69) is 33.2 Å². The standard InChI is InChI=1S/C9H13BrN2S/c1-6(12-7-3-2-4-7)9-11-5-8(10)13-9/h5-7,12H,2-4H2,1H3. The van der Waals surface area contributed by atoms with Crippen molar-refractivity contribution >= 4 is 27.3 Å². The topological polar surface area (TPSA) is 24.9 Å². The van der Waals surface area contributed by atoms with E-state index in [9.17, 15) is 0 Å². The summed E-state index contributed by atoms with van der Waals surface area (Å²) in [6.45, 7) is 2.18. The minimum absolute atomic E-state index is 0.404. The van der Waals surface area contributed by atoms with Crippen molar-refractivity contribution in [2.24, 2.45) is 0 Å². The van der Waals surface area contributed by atoms with Crippen molar-refractivity contribution in [3.8, 4) is 0 Å². The van der Waals surface area contributed by atoms with Gasteiger partial charge in [-0.05, 0) is 35.7 Å². The van der Waals surface area contributed by atoms with E-state index in [1.165, 1.54) is 24.3 Å². The van der Waals surface area contributed by atoms with E-state index in [0.29, 0.717) is 6.04 Å². The zero-order valence-electron chi connectivity index (χ0n) is 7.59. The van der Waals surface area contributed by atoms with Crippen LogP contribution < -0.4 is 5.32 Å². The summed E-state index contributed by atoms with van der Waals surface area (Å²) in [7, 11) is 0. The van der Waals surface area contributed by atoms with E-state index in [-0.39, 0.29) is 0 Å². The first-order chi connectivity index (χ1) is 6.25. The number of hydrogen-bond acceptors (Lipinski definition) is 3. The molecule has 1 aliphatic rings. The van der Waals surface area contributed by atoms with E-state index in [1.54, 1.807) is 11.3 Å². The molecule has 1 aromatic rings. The molecule has 0 amide bonds. The van der Waals surface area contributed by atoms with Gasteiger partial charge in [0.2, 0.25) is 0 Å². The fourth-order valence-electron chi connectivity index (χ4n) is 1.47. The Morgan fingerprint density at radius 3 is 2.92 bits per heavy atom. The van der Waals surface area contributed by atoms with Crippen LogP contribution in [-0.4, -0.2) is 11.0 Å². The highest BCUT2D eigenvalue weighted by Gasteiger charge is 2.20. The molecule has 1 saturated carbocycles. The Hall–Kier alpha value is 0.0700. The Morgan fingerprint density at radius 1 is 1.69 bits per heavy atom. The lowest BCUT2D eigenvalue weighted by molar-refractivity contribution is 0.313. The van der Waals surface area contributed by atoms with E-state index in [4.69, 9.17) is 0 Å². The molecule has 0 radical (unpaired) electrons.